The first-order valence-corrected chi connectivity index (χ1v) is 7.13. The molecule has 0 atom stereocenters. The molecule has 0 aromatic carbocycles. The minimum atomic E-state index is 0.383. The van der Waals surface area contributed by atoms with Crippen molar-refractivity contribution in [3.63, 3.8) is 0 Å². The molecule has 0 radical (unpaired) electrons. The highest BCUT2D eigenvalue weighted by atomic mass is 32.1. The van der Waals surface area contributed by atoms with Gasteiger partial charge < -0.3 is 5.32 Å². The molecule has 4 aliphatic carbocycles. The van der Waals surface area contributed by atoms with Crippen LogP contribution in [-0.4, -0.2) is 14.9 Å². The number of nitrogens with zero attached hydrogens (tertiary/aromatic N) is 2. The summed E-state index contributed by atoms with van der Waals surface area (Å²) in [6, 6.07) is 0. The van der Waals surface area contributed by atoms with Crippen molar-refractivity contribution in [2.75, 3.05) is 5.32 Å². The van der Waals surface area contributed by atoms with E-state index in [4.69, 9.17) is 0 Å². The molecule has 3 nitrogen and oxygen atoms in total. The van der Waals surface area contributed by atoms with Crippen LogP contribution in [0.15, 0.2) is 6.33 Å². The van der Waals surface area contributed by atoms with Crippen molar-refractivity contribution < 1.29 is 0 Å². The van der Waals surface area contributed by atoms with Crippen molar-refractivity contribution in [2.24, 2.45) is 17.8 Å². The SMILES string of the molecule is c1nsc(NC23CC4CC(CC(C4)C2)C3)n1. The molecule has 5 rings (SSSR count). The Kier molecular flexibility index (Phi) is 1.87. The predicted octanol–water partition coefficient (Wildman–Crippen LogP) is 2.92. The molecule has 1 aromatic heterocycles. The molecular formula is C12H17N3S. The standard InChI is InChI=1S/C12H17N3S/c1-8-2-10-3-9(1)5-12(4-8,6-10)15-11-13-7-14-16-11/h7-10H,1-6H2,(H,13,14,15). The highest BCUT2D eigenvalue weighted by Gasteiger charge is 2.51. The molecule has 4 fully saturated rings. The quantitative estimate of drug-likeness (QED) is 0.856. The van der Waals surface area contributed by atoms with Gasteiger partial charge in [-0.2, -0.15) is 4.37 Å². The van der Waals surface area contributed by atoms with Crippen LogP contribution in [-0.2, 0) is 0 Å². The second-order valence-electron chi connectivity index (χ2n) is 6.07. The fraction of sp³-hybridized carbons (Fsp3) is 0.833. The molecule has 0 amide bonds. The van der Waals surface area contributed by atoms with Gasteiger partial charge in [-0.3, -0.25) is 0 Å². The van der Waals surface area contributed by atoms with Gasteiger partial charge in [0.1, 0.15) is 6.33 Å². The van der Waals surface area contributed by atoms with E-state index in [-0.39, 0.29) is 0 Å². The summed E-state index contributed by atoms with van der Waals surface area (Å²) in [7, 11) is 0. The van der Waals surface area contributed by atoms with Gasteiger partial charge in [-0.1, -0.05) is 0 Å². The van der Waals surface area contributed by atoms with Crippen molar-refractivity contribution in [1.82, 2.24) is 9.36 Å². The molecule has 4 heteroatoms. The van der Waals surface area contributed by atoms with E-state index < -0.39 is 0 Å². The minimum absolute atomic E-state index is 0.383. The van der Waals surface area contributed by atoms with Crippen LogP contribution in [0.3, 0.4) is 0 Å². The van der Waals surface area contributed by atoms with Gasteiger partial charge in [0.15, 0.2) is 0 Å². The molecule has 0 aliphatic heterocycles. The average molecular weight is 235 g/mol. The van der Waals surface area contributed by atoms with Crippen molar-refractivity contribution >= 4 is 16.7 Å². The third-order valence-electron chi connectivity index (χ3n) is 4.77. The lowest BCUT2D eigenvalue weighted by Crippen LogP contribution is -2.54. The van der Waals surface area contributed by atoms with Crippen molar-refractivity contribution in [3.05, 3.63) is 6.33 Å². The lowest BCUT2D eigenvalue weighted by Gasteiger charge is -2.56. The van der Waals surface area contributed by atoms with Crippen molar-refractivity contribution in [2.45, 2.75) is 44.1 Å². The maximum absolute atomic E-state index is 4.29. The Hall–Kier alpha value is -0.640. The van der Waals surface area contributed by atoms with Crippen LogP contribution in [0.25, 0.3) is 0 Å². The maximum Gasteiger partial charge on any atom is 0.202 e. The summed E-state index contributed by atoms with van der Waals surface area (Å²) in [6.45, 7) is 0. The number of aromatic nitrogens is 2. The van der Waals surface area contributed by atoms with E-state index in [2.05, 4.69) is 14.7 Å². The van der Waals surface area contributed by atoms with Gasteiger partial charge in [0.05, 0.1) is 0 Å². The van der Waals surface area contributed by atoms with E-state index in [1.165, 1.54) is 50.1 Å². The largest absolute Gasteiger partial charge is 0.355 e. The first-order valence-electron chi connectivity index (χ1n) is 6.36. The molecule has 4 bridgehead atoms. The molecule has 1 heterocycles. The predicted molar refractivity (Wildman–Crippen MR) is 64.4 cm³/mol. The van der Waals surface area contributed by atoms with Gasteiger partial charge >= 0.3 is 0 Å². The summed E-state index contributed by atoms with van der Waals surface area (Å²) in [5, 5.41) is 4.74. The molecule has 0 spiro atoms. The van der Waals surface area contributed by atoms with Crippen LogP contribution in [0.1, 0.15) is 38.5 Å². The fourth-order valence-corrected chi connectivity index (χ4v) is 5.27. The summed E-state index contributed by atoms with van der Waals surface area (Å²) in [4.78, 5) is 4.29. The average Bonchev–Trinajstić information content (AvgIpc) is 2.66. The number of rotatable bonds is 2. The minimum Gasteiger partial charge on any atom is -0.355 e. The van der Waals surface area contributed by atoms with Crippen molar-refractivity contribution in [3.8, 4) is 0 Å². The molecular weight excluding hydrogens is 218 g/mol. The Bertz CT molecular complexity index is 352. The Labute approximate surface area is 99.8 Å². The van der Waals surface area contributed by atoms with Crippen LogP contribution in [0, 0.1) is 17.8 Å². The van der Waals surface area contributed by atoms with Gasteiger partial charge in [-0.05, 0) is 56.3 Å². The van der Waals surface area contributed by atoms with Gasteiger partial charge in [-0.25, -0.2) is 4.98 Å². The Morgan fingerprint density at radius 1 is 1.12 bits per heavy atom. The van der Waals surface area contributed by atoms with E-state index in [1.54, 1.807) is 6.33 Å². The summed E-state index contributed by atoms with van der Waals surface area (Å²) in [5.41, 5.74) is 0.383. The summed E-state index contributed by atoms with van der Waals surface area (Å²) >= 11 is 1.50. The third-order valence-corrected chi connectivity index (χ3v) is 5.35. The number of anilines is 1. The van der Waals surface area contributed by atoms with E-state index >= 15 is 0 Å². The molecule has 4 aliphatic rings. The normalized spacial score (nSPS) is 44.9. The van der Waals surface area contributed by atoms with Crippen LogP contribution in [0.4, 0.5) is 5.13 Å². The first kappa shape index (κ1) is 9.40. The molecule has 1 N–H and O–H groups in total. The highest BCUT2D eigenvalue weighted by Crippen LogP contribution is 2.56. The Balaban J connectivity index is 1.62. The summed E-state index contributed by atoms with van der Waals surface area (Å²) < 4.78 is 4.09. The molecule has 4 saturated carbocycles. The summed E-state index contributed by atoms with van der Waals surface area (Å²) in [5.74, 6) is 2.98. The van der Waals surface area contributed by atoms with Crippen LogP contribution < -0.4 is 5.32 Å². The zero-order valence-corrected chi connectivity index (χ0v) is 10.2. The number of hydrogen-bond donors (Lipinski definition) is 1. The van der Waals surface area contributed by atoms with Crippen LogP contribution in [0.2, 0.25) is 0 Å². The molecule has 86 valence electrons. The number of hydrogen-bond acceptors (Lipinski definition) is 4. The van der Waals surface area contributed by atoms with Gasteiger partial charge in [0.25, 0.3) is 0 Å². The molecule has 0 saturated heterocycles. The first-order chi connectivity index (χ1) is 7.81. The molecule has 1 aromatic rings. The highest BCUT2D eigenvalue weighted by molar-refractivity contribution is 7.09. The third kappa shape index (κ3) is 1.39. The fourth-order valence-electron chi connectivity index (χ4n) is 4.72. The monoisotopic (exact) mass is 235 g/mol. The zero-order chi connectivity index (χ0) is 10.6. The maximum atomic E-state index is 4.29. The van der Waals surface area contributed by atoms with Gasteiger partial charge in [0.2, 0.25) is 5.13 Å². The smallest absolute Gasteiger partial charge is 0.202 e. The Morgan fingerprint density at radius 2 is 1.75 bits per heavy atom. The van der Waals surface area contributed by atoms with Crippen LogP contribution in [0.5, 0.6) is 0 Å². The van der Waals surface area contributed by atoms with Crippen molar-refractivity contribution in [1.29, 1.82) is 0 Å². The summed E-state index contributed by atoms with van der Waals surface area (Å²) in [6.07, 6.45) is 10.3. The lowest BCUT2D eigenvalue weighted by atomic mass is 9.53. The van der Waals surface area contributed by atoms with E-state index in [0.717, 1.165) is 22.9 Å². The van der Waals surface area contributed by atoms with E-state index in [9.17, 15) is 0 Å². The lowest BCUT2D eigenvalue weighted by molar-refractivity contribution is 0.0107. The van der Waals surface area contributed by atoms with E-state index in [0.29, 0.717) is 5.54 Å². The second-order valence-corrected chi connectivity index (χ2v) is 6.85. The Morgan fingerprint density at radius 3 is 2.25 bits per heavy atom. The van der Waals surface area contributed by atoms with E-state index in [1.807, 2.05) is 0 Å². The molecule has 0 unspecified atom stereocenters. The second kappa shape index (κ2) is 3.19. The van der Waals surface area contributed by atoms with Gasteiger partial charge in [0, 0.05) is 17.1 Å². The molecule has 16 heavy (non-hydrogen) atoms. The topological polar surface area (TPSA) is 37.8 Å². The van der Waals surface area contributed by atoms with Gasteiger partial charge in [-0.15, -0.1) is 0 Å². The number of nitrogens with one attached hydrogen (secondary N) is 1. The van der Waals surface area contributed by atoms with Crippen LogP contribution >= 0.6 is 11.5 Å². The zero-order valence-electron chi connectivity index (χ0n) is 9.35.